The quantitative estimate of drug-likeness (QED) is 0.111. The van der Waals surface area contributed by atoms with Crippen molar-refractivity contribution in [3.63, 3.8) is 0 Å². The van der Waals surface area contributed by atoms with Crippen molar-refractivity contribution >= 4 is 21.2 Å². The lowest BCUT2D eigenvalue weighted by Crippen LogP contribution is -2.13. The fourth-order valence-corrected chi connectivity index (χ4v) is 7.52. The molecule has 0 saturated carbocycles. The van der Waals surface area contributed by atoms with Crippen molar-refractivity contribution < 1.29 is 45.4 Å². The van der Waals surface area contributed by atoms with Crippen LogP contribution < -0.4 is 0 Å². The van der Waals surface area contributed by atoms with Gasteiger partial charge in [-0.1, -0.05) is 6.07 Å². The van der Waals surface area contributed by atoms with E-state index in [9.17, 15) is 13.9 Å². The number of oxazole rings is 1. The van der Waals surface area contributed by atoms with Crippen molar-refractivity contribution in [1.82, 2.24) is 9.97 Å². The van der Waals surface area contributed by atoms with Crippen molar-refractivity contribution in [2.75, 3.05) is 26.4 Å². The molecule has 0 fully saturated rings. The van der Waals surface area contributed by atoms with Crippen LogP contribution in [0.25, 0.3) is 11.5 Å². The maximum absolute atomic E-state index is 15.4. The predicted octanol–water partition coefficient (Wildman–Crippen LogP) is 7.46. The second-order valence-electron chi connectivity index (χ2n) is 8.54. The van der Waals surface area contributed by atoms with E-state index >= 15 is 4.39 Å². The lowest BCUT2D eigenvalue weighted by molar-refractivity contribution is 0.0890. The molecule has 224 valence electrons. The Balaban J connectivity index is 1.86. The number of nitrogens with zero attached hydrogens (tertiary/aromatic N) is 2. The van der Waals surface area contributed by atoms with Gasteiger partial charge in [0.1, 0.15) is 11.6 Å². The van der Waals surface area contributed by atoms with Gasteiger partial charge in [0, 0.05) is 30.8 Å². The highest BCUT2D eigenvalue weighted by Crippen LogP contribution is 2.67. The smallest absolute Gasteiger partial charge is 0.441 e. The Kier molecular flexibility index (Phi) is 12.1. The van der Waals surface area contributed by atoms with E-state index in [1.165, 1.54) is 12.1 Å². The number of Topliss-reactive ketones (excluding diaryl/α,β-unsaturated/α-hetero) is 1. The third-order valence-corrected chi connectivity index (χ3v) is 9.69. The summed E-state index contributed by atoms with van der Waals surface area (Å²) in [5, 5.41) is 0. The van der Waals surface area contributed by atoms with Gasteiger partial charge in [0.05, 0.1) is 37.7 Å². The lowest BCUT2D eigenvalue weighted by atomic mass is 10.0. The van der Waals surface area contributed by atoms with E-state index in [1.807, 2.05) is 0 Å². The van der Waals surface area contributed by atoms with Crippen molar-refractivity contribution in [3.05, 3.63) is 71.1 Å². The summed E-state index contributed by atoms with van der Waals surface area (Å²) in [6.45, 7) is 7.94. The Hall–Kier alpha value is -2.56. The van der Waals surface area contributed by atoms with E-state index in [0.717, 1.165) is 11.6 Å². The van der Waals surface area contributed by atoms with Gasteiger partial charge in [-0.15, -0.1) is 0 Å². The van der Waals surface area contributed by atoms with Gasteiger partial charge in [-0.2, -0.15) is 0 Å². The number of aromatic nitrogens is 2. The SMILES string of the molecule is CCOP(=O)(OCC)OC(c1ccc(C(=O)CCc2nc(-c3ccncc3)oc2C)c(F)c1)P(=O)(OCC)OCC. The van der Waals surface area contributed by atoms with Crippen molar-refractivity contribution in [1.29, 1.82) is 0 Å². The fraction of sp³-hybridized carbons (Fsp3) is 0.444. The summed E-state index contributed by atoms with van der Waals surface area (Å²) in [4.78, 5) is 21.4. The number of carbonyl (C=O) groups is 1. The number of phosphoric acid groups is 1. The van der Waals surface area contributed by atoms with Crippen molar-refractivity contribution in [2.45, 2.75) is 53.3 Å². The summed E-state index contributed by atoms with van der Waals surface area (Å²) in [6, 6.07) is 7.08. The molecule has 0 aliphatic heterocycles. The highest BCUT2D eigenvalue weighted by molar-refractivity contribution is 7.55. The molecule has 41 heavy (non-hydrogen) atoms. The van der Waals surface area contributed by atoms with Crippen LogP contribution in [0.1, 0.15) is 67.3 Å². The van der Waals surface area contributed by atoms with Crippen molar-refractivity contribution in [2.24, 2.45) is 0 Å². The molecule has 0 N–H and O–H groups in total. The van der Waals surface area contributed by atoms with Crippen LogP contribution in [0.5, 0.6) is 0 Å². The molecule has 1 aromatic carbocycles. The normalized spacial score (nSPS) is 12.9. The molecule has 0 aliphatic carbocycles. The maximum atomic E-state index is 15.4. The first-order chi connectivity index (χ1) is 19.6. The topological polar surface area (TPSA) is 136 Å². The molecular formula is C27H35FN2O9P2. The molecule has 2 aromatic heterocycles. The summed E-state index contributed by atoms with van der Waals surface area (Å²) in [5.74, 6) is -2.08. The number of ketones is 1. The summed E-state index contributed by atoms with van der Waals surface area (Å²) in [5.41, 5.74) is 1.10. The Labute approximate surface area is 238 Å². The van der Waals surface area contributed by atoms with Gasteiger partial charge in [-0.25, -0.2) is 13.9 Å². The molecule has 1 atom stereocenters. The molecule has 11 nitrogen and oxygen atoms in total. The van der Waals surface area contributed by atoms with E-state index in [-0.39, 0.29) is 50.4 Å². The molecular weight excluding hydrogens is 577 g/mol. The summed E-state index contributed by atoms with van der Waals surface area (Å²) < 4.78 is 74.8. The minimum absolute atomic E-state index is 0.0294. The molecule has 0 aliphatic rings. The van der Waals surface area contributed by atoms with Crippen molar-refractivity contribution in [3.8, 4) is 11.5 Å². The van der Waals surface area contributed by atoms with Gasteiger partial charge in [0.25, 0.3) is 0 Å². The number of pyridine rings is 1. The van der Waals surface area contributed by atoms with Gasteiger partial charge in [0.15, 0.2) is 11.6 Å². The Morgan fingerprint density at radius 2 is 1.56 bits per heavy atom. The van der Waals surface area contributed by atoms with E-state index in [1.54, 1.807) is 59.1 Å². The van der Waals surface area contributed by atoms with Crippen LogP contribution in [0, 0.1) is 12.7 Å². The standard InChI is InChI=1S/C27H35FN2O9P2/c1-6-34-40(32,35-7-2)27(39-41(33,36-8-3)37-9-4)21-10-11-22(23(28)18-21)25(31)13-12-24-19(5)38-26(30-24)20-14-16-29-17-15-20/h10-11,14-18,27H,6-9,12-13H2,1-5H3. The Bertz CT molecular complexity index is 1380. The number of aryl methyl sites for hydroxylation is 2. The number of hydrogen-bond acceptors (Lipinski definition) is 11. The van der Waals surface area contributed by atoms with E-state index in [0.29, 0.717) is 17.3 Å². The highest BCUT2D eigenvalue weighted by atomic mass is 31.2. The average molecular weight is 613 g/mol. The molecule has 0 bridgehead atoms. The molecule has 3 aromatic rings. The number of benzene rings is 1. The van der Waals surface area contributed by atoms with Crippen LogP contribution in [-0.2, 0) is 38.2 Å². The molecule has 3 rings (SSSR count). The number of hydrogen-bond donors (Lipinski definition) is 0. The van der Waals surface area contributed by atoms with Gasteiger partial charge in [0.2, 0.25) is 5.89 Å². The monoisotopic (exact) mass is 612 g/mol. The number of halogens is 1. The number of phosphoric ester groups is 1. The minimum Gasteiger partial charge on any atom is -0.441 e. The summed E-state index contributed by atoms with van der Waals surface area (Å²) >= 11 is 0. The molecule has 14 heteroatoms. The predicted molar refractivity (Wildman–Crippen MR) is 149 cm³/mol. The van der Waals surface area contributed by atoms with Crippen LogP contribution in [0.4, 0.5) is 4.39 Å². The zero-order valence-corrected chi connectivity index (χ0v) is 25.5. The third-order valence-electron chi connectivity index (χ3n) is 5.70. The van der Waals surface area contributed by atoms with Gasteiger partial charge >= 0.3 is 15.4 Å². The van der Waals surface area contributed by atoms with Gasteiger partial charge in [-0.05, 0) is 64.4 Å². The fourth-order valence-electron chi connectivity index (χ4n) is 3.93. The van der Waals surface area contributed by atoms with Gasteiger partial charge in [-0.3, -0.25) is 27.9 Å². The third kappa shape index (κ3) is 8.49. The largest absolute Gasteiger partial charge is 0.475 e. The first-order valence-electron chi connectivity index (χ1n) is 13.2. The molecule has 0 amide bonds. The minimum atomic E-state index is -4.24. The van der Waals surface area contributed by atoms with Gasteiger partial charge < -0.3 is 13.5 Å². The summed E-state index contributed by atoms with van der Waals surface area (Å²) in [6.07, 6.45) is 3.42. The van der Waals surface area contributed by atoms with E-state index in [2.05, 4.69) is 9.97 Å². The van der Waals surface area contributed by atoms with Crippen LogP contribution in [0.15, 0.2) is 47.1 Å². The zero-order chi connectivity index (χ0) is 30.0. The average Bonchev–Trinajstić information content (AvgIpc) is 3.31. The maximum Gasteiger partial charge on any atom is 0.475 e. The van der Waals surface area contributed by atoms with Crippen LogP contribution in [-0.4, -0.2) is 42.2 Å². The lowest BCUT2D eigenvalue weighted by Gasteiger charge is -2.29. The highest BCUT2D eigenvalue weighted by Gasteiger charge is 2.44. The van der Waals surface area contributed by atoms with Crippen LogP contribution in [0.3, 0.4) is 0 Å². The summed E-state index contributed by atoms with van der Waals surface area (Å²) in [7, 11) is -8.41. The second-order valence-corrected chi connectivity index (χ2v) is 12.2. The number of carbonyl (C=O) groups excluding carboxylic acids is 1. The van der Waals surface area contributed by atoms with Crippen LogP contribution in [0.2, 0.25) is 0 Å². The Morgan fingerprint density at radius 1 is 0.951 bits per heavy atom. The molecule has 1 unspecified atom stereocenters. The first-order valence-corrected chi connectivity index (χ1v) is 16.3. The number of rotatable bonds is 17. The molecule has 2 heterocycles. The zero-order valence-electron chi connectivity index (χ0n) is 23.7. The first kappa shape index (κ1) is 32.9. The van der Waals surface area contributed by atoms with E-state index < -0.39 is 32.9 Å². The van der Waals surface area contributed by atoms with E-state index in [4.69, 9.17) is 27.0 Å². The second kappa shape index (κ2) is 15.1. The Morgan fingerprint density at radius 3 is 2.12 bits per heavy atom. The molecule has 0 saturated heterocycles. The molecule has 0 spiro atoms. The van der Waals surface area contributed by atoms with Crippen LogP contribution >= 0.6 is 15.4 Å². The molecule has 0 radical (unpaired) electrons.